The Balaban J connectivity index is 1.40. The van der Waals surface area contributed by atoms with E-state index in [1.54, 1.807) is 30.6 Å². The number of aromatic nitrogens is 4. The summed E-state index contributed by atoms with van der Waals surface area (Å²) in [5.41, 5.74) is 4.14. The number of hydrogen-bond acceptors (Lipinski definition) is 10. The van der Waals surface area contributed by atoms with E-state index in [4.69, 9.17) is 18.9 Å². The zero-order valence-electron chi connectivity index (χ0n) is 27.0. The maximum atomic E-state index is 14.5. The highest BCUT2D eigenvalue weighted by Crippen LogP contribution is 2.41. The van der Waals surface area contributed by atoms with Crippen LogP contribution in [0, 0.1) is 0 Å². The number of methoxy groups -OCH3 is 3. The zero-order chi connectivity index (χ0) is 33.5. The lowest BCUT2D eigenvalue weighted by Crippen LogP contribution is -2.42. The highest BCUT2D eigenvalue weighted by Gasteiger charge is 2.34. The lowest BCUT2D eigenvalue weighted by atomic mass is 10.0. The van der Waals surface area contributed by atoms with Gasteiger partial charge in [-0.3, -0.25) is 14.6 Å². The van der Waals surface area contributed by atoms with Gasteiger partial charge in [0.1, 0.15) is 18.1 Å². The van der Waals surface area contributed by atoms with Gasteiger partial charge in [0.15, 0.2) is 11.5 Å². The van der Waals surface area contributed by atoms with Gasteiger partial charge in [0.2, 0.25) is 11.7 Å². The minimum atomic E-state index is -1.14. The minimum Gasteiger partial charge on any atom is -0.493 e. The van der Waals surface area contributed by atoms with Crippen LogP contribution < -0.4 is 24.4 Å². The Bertz CT molecular complexity index is 1830. The molecule has 1 N–H and O–H groups in total. The largest absolute Gasteiger partial charge is 0.493 e. The van der Waals surface area contributed by atoms with Crippen LogP contribution in [0.4, 0.5) is 11.4 Å². The van der Waals surface area contributed by atoms with E-state index in [1.165, 1.54) is 30.9 Å². The van der Waals surface area contributed by atoms with Crippen molar-refractivity contribution >= 4 is 34.2 Å². The van der Waals surface area contributed by atoms with Gasteiger partial charge >= 0.3 is 0 Å². The standard InChI is InChI=1S/C35H37N7O6/c1-45-30-19-25(20-31(46-2)34(30)47-3)33(35(44)37-26-10-12-27(13-11-26)40-15-17-48-18-16-40)41(22-24-7-6-14-36-21-24)32(43)23-42-29-9-5-4-8-28(29)38-39-42/h4-14,19-21,33H,15-18,22-23H2,1-3H3,(H,37,44). The third-order valence-electron chi connectivity index (χ3n) is 8.18. The van der Waals surface area contributed by atoms with Gasteiger partial charge in [0, 0.05) is 43.4 Å². The molecule has 2 aromatic heterocycles. The van der Waals surface area contributed by atoms with Crippen LogP contribution in [0.25, 0.3) is 11.0 Å². The number of anilines is 2. The van der Waals surface area contributed by atoms with Gasteiger partial charge in [-0.2, -0.15) is 0 Å². The molecule has 0 radical (unpaired) electrons. The fourth-order valence-corrected chi connectivity index (χ4v) is 5.78. The third kappa shape index (κ3) is 7.00. The van der Waals surface area contributed by atoms with Gasteiger partial charge in [0.05, 0.1) is 40.1 Å². The molecule has 1 aliphatic rings. The predicted octanol–water partition coefficient (Wildman–Crippen LogP) is 4.10. The summed E-state index contributed by atoms with van der Waals surface area (Å²) in [4.78, 5) is 36.9. The molecule has 6 rings (SSSR count). The molecule has 1 atom stereocenters. The number of ether oxygens (including phenoxy) is 4. The van der Waals surface area contributed by atoms with Crippen LogP contribution in [-0.4, -0.2) is 84.3 Å². The molecule has 5 aromatic rings. The number of benzene rings is 3. The summed E-state index contributed by atoms with van der Waals surface area (Å²) in [5.74, 6) is 0.238. The van der Waals surface area contributed by atoms with Crippen molar-refractivity contribution in [2.75, 3.05) is 57.8 Å². The second-order valence-corrected chi connectivity index (χ2v) is 11.1. The summed E-state index contributed by atoms with van der Waals surface area (Å²) in [6.07, 6.45) is 3.32. The van der Waals surface area contributed by atoms with E-state index in [2.05, 4.69) is 25.5 Å². The first-order chi connectivity index (χ1) is 23.5. The second kappa shape index (κ2) is 14.8. The number of fused-ring (bicyclic) bond motifs is 1. The van der Waals surface area contributed by atoms with Crippen molar-refractivity contribution in [3.8, 4) is 17.2 Å². The van der Waals surface area contributed by atoms with Crippen molar-refractivity contribution in [1.82, 2.24) is 24.9 Å². The van der Waals surface area contributed by atoms with Crippen LogP contribution in [0.5, 0.6) is 17.2 Å². The van der Waals surface area contributed by atoms with Crippen LogP contribution in [0.2, 0.25) is 0 Å². The smallest absolute Gasteiger partial charge is 0.251 e. The van der Waals surface area contributed by atoms with E-state index in [1.807, 2.05) is 54.6 Å². The van der Waals surface area contributed by atoms with Crippen LogP contribution in [0.1, 0.15) is 17.2 Å². The number of nitrogens with zero attached hydrogens (tertiary/aromatic N) is 6. The molecule has 0 saturated carbocycles. The van der Waals surface area contributed by atoms with Gasteiger partial charge in [-0.25, -0.2) is 4.68 Å². The molecule has 13 nitrogen and oxygen atoms in total. The Morgan fingerprint density at radius 2 is 1.67 bits per heavy atom. The predicted molar refractivity (Wildman–Crippen MR) is 179 cm³/mol. The SMILES string of the molecule is COc1cc(C(C(=O)Nc2ccc(N3CCOCC3)cc2)N(Cc2cccnc2)C(=O)Cn2nnc3ccccc32)cc(OC)c1OC. The molecule has 2 amide bonds. The molecular formula is C35H37N7O6. The van der Waals surface area contributed by atoms with E-state index in [-0.39, 0.29) is 19.0 Å². The monoisotopic (exact) mass is 651 g/mol. The number of rotatable bonds is 12. The molecule has 1 saturated heterocycles. The number of para-hydroxylation sites is 1. The van der Waals surface area contributed by atoms with Crippen LogP contribution in [0.3, 0.4) is 0 Å². The summed E-state index contributed by atoms with van der Waals surface area (Å²) < 4.78 is 23.9. The van der Waals surface area contributed by atoms with Crippen LogP contribution in [-0.2, 0) is 27.4 Å². The van der Waals surface area contributed by atoms with Gasteiger partial charge in [-0.05, 0) is 65.7 Å². The van der Waals surface area contributed by atoms with E-state index in [9.17, 15) is 9.59 Å². The average Bonchev–Trinajstić information content (AvgIpc) is 3.54. The van der Waals surface area contributed by atoms with Crippen LogP contribution >= 0.6 is 0 Å². The highest BCUT2D eigenvalue weighted by molar-refractivity contribution is 5.98. The van der Waals surface area contributed by atoms with Crippen molar-refractivity contribution in [3.05, 3.63) is 96.3 Å². The van der Waals surface area contributed by atoms with Gasteiger partial charge in [-0.1, -0.05) is 23.4 Å². The first-order valence-electron chi connectivity index (χ1n) is 15.5. The fraction of sp³-hybridized carbons (Fsp3) is 0.286. The molecule has 1 unspecified atom stereocenters. The summed E-state index contributed by atoms with van der Waals surface area (Å²) in [5, 5.41) is 11.5. The summed E-state index contributed by atoms with van der Waals surface area (Å²) in [6, 6.07) is 20.9. The van der Waals surface area contributed by atoms with Crippen LogP contribution in [0.15, 0.2) is 85.2 Å². The third-order valence-corrected chi connectivity index (χ3v) is 8.18. The normalized spacial score (nSPS) is 13.5. The Morgan fingerprint density at radius 1 is 0.938 bits per heavy atom. The van der Waals surface area contributed by atoms with E-state index in [0.717, 1.165) is 24.3 Å². The Labute approximate surface area is 278 Å². The van der Waals surface area contributed by atoms with Crippen molar-refractivity contribution in [1.29, 1.82) is 0 Å². The van der Waals surface area contributed by atoms with Crippen molar-refractivity contribution < 1.29 is 28.5 Å². The number of carbonyl (C=O) groups excluding carboxylic acids is 2. The highest BCUT2D eigenvalue weighted by atomic mass is 16.5. The topological polar surface area (TPSA) is 133 Å². The molecule has 48 heavy (non-hydrogen) atoms. The molecule has 3 heterocycles. The first kappa shape index (κ1) is 32.3. The molecule has 1 fully saturated rings. The fourth-order valence-electron chi connectivity index (χ4n) is 5.78. The number of carbonyl (C=O) groups is 2. The zero-order valence-corrected chi connectivity index (χ0v) is 27.0. The molecule has 1 aliphatic heterocycles. The lowest BCUT2D eigenvalue weighted by molar-refractivity contribution is -0.140. The maximum absolute atomic E-state index is 14.5. The van der Waals surface area contributed by atoms with Crippen molar-refractivity contribution in [2.45, 2.75) is 19.1 Å². The van der Waals surface area contributed by atoms with Crippen molar-refractivity contribution in [2.24, 2.45) is 0 Å². The molecular weight excluding hydrogens is 614 g/mol. The number of pyridine rings is 1. The minimum absolute atomic E-state index is 0.0734. The quantitative estimate of drug-likeness (QED) is 0.210. The lowest BCUT2D eigenvalue weighted by Gasteiger charge is -2.32. The number of nitrogens with one attached hydrogen (secondary N) is 1. The Morgan fingerprint density at radius 3 is 2.33 bits per heavy atom. The summed E-state index contributed by atoms with van der Waals surface area (Å²) in [6.45, 7) is 2.83. The van der Waals surface area contributed by atoms with E-state index < -0.39 is 11.9 Å². The average molecular weight is 652 g/mol. The van der Waals surface area contributed by atoms with E-state index in [0.29, 0.717) is 52.7 Å². The molecule has 3 aromatic carbocycles. The Hall–Kier alpha value is -5.69. The second-order valence-electron chi connectivity index (χ2n) is 11.1. The molecule has 13 heteroatoms. The van der Waals surface area contributed by atoms with Crippen molar-refractivity contribution in [3.63, 3.8) is 0 Å². The Kier molecular flexibility index (Phi) is 9.96. The van der Waals surface area contributed by atoms with E-state index >= 15 is 0 Å². The molecule has 0 bridgehead atoms. The summed E-state index contributed by atoms with van der Waals surface area (Å²) in [7, 11) is 4.51. The number of amides is 2. The summed E-state index contributed by atoms with van der Waals surface area (Å²) >= 11 is 0. The maximum Gasteiger partial charge on any atom is 0.251 e. The van der Waals surface area contributed by atoms with Gasteiger partial charge < -0.3 is 34.1 Å². The van der Waals surface area contributed by atoms with Gasteiger partial charge in [-0.15, -0.1) is 5.10 Å². The number of morpholine rings is 1. The first-order valence-corrected chi connectivity index (χ1v) is 15.5. The number of hydrogen-bond donors (Lipinski definition) is 1. The van der Waals surface area contributed by atoms with Gasteiger partial charge in [0.25, 0.3) is 5.91 Å². The molecule has 248 valence electrons. The molecule has 0 spiro atoms. The molecule has 0 aliphatic carbocycles.